The van der Waals surface area contributed by atoms with Gasteiger partial charge in [0.25, 0.3) is 0 Å². The van der Waals surface area contributed by atoms with Crippen LogP contribution >= 0.6 is 23.2 Å². The van der Waals surface area contributed by atoms with Crippen molar-refractivity contribution in [2.75, 3.05) is 30.3 Å². The molecule has 106 valence electrons. The fourth-order valence-corrected chi connectivity index (χ4v) is 1.89. The average Bonchev–Trinajstić information content (AvgIpc) is 2.35. The maximum absolute atomic E-state index is 11.2. The lowest BCUT2D eigenvalue weighted by Crippen LogP contribution is -2.13. The van der Waals surface area contributed by atoms with Crippen LogP contribution in [0.3, 0.4) is 0 Å². The van der Waals surface area contributed by atoms with Gasteiger partial charge in [-0.3, -0.25) is 4.79 Å². The monoisotopic (exact) mass is 305 g/mol. The molecule has 0 aliphatic heterocycles. The summed E-state index contributed by atoms with van der Waals surface area (Å²) in [6, 6.07) is 1.61. The number of nitrogens with one attached hydrogen (secondary N) is 2. The highest BCUT2D eigenvalue weighted by atomic mass is 35.5. The molecule has 1 aromatic heterocycles. The molecule has 1 heterocycles. The van der Waals surface area contributed by atoms with Gasteiger partial charge >= 0.3 is 5.97 Å². The van der Waals surface area contributed by atoms with Gasteiger partial charge in [0.15, 0.2) is 0 Å². The second-order valence-corrected chi connectivity index (χ2v) is 4.48. The summed E-state index contributed by atoms with van der Waals surface area (Å²) >= 11 is 12.0. The van der Waals surface area contributed by atoms with Crippen molar-refractivity contribution in [1.29, 1.82) is 0 Å². The van der Waals surface area contributed by atoms with Gasteiger partial charge in [-0.15, -0.1) is 0 Å². The molecule has 0 saturated carbocycles. The molecule has 0 spiro atoms. The van der Waals surface area contributed by atoms with E-state index in [4.69, 9.17) is 27.9 Å². The molecular formula is C12H17Cl2N3O2. The van der Waals surface area contributed by atoms with E-state index in [2.05, 4.69) is 15.6 Å². The zero-order valence-electron chi connectivity index (χ0n) is 10.9. The van der Waals surface area contributed by atoms with E-state index in [0.717, 1.165) is 0 Å². The number of hydrogen-bond acceptors (Lipinski definition) is 5. The highest BCUT2D eigenvalue weighted by Crippen LogP contribution is 2.28. The molecule has 0 saturated heterocycles. The molecule has 2 N–H and O–H groups in total. The van der Waals surface area contributed by atoms with Crippen molar-refractivity contribution in [1.82, 2.24) is 4.98 Å². The van der Waals surface area contributed by atoms with Crippen LogP contribution in [0.1, 0.15) is 20.3 Å². The number of aromatic nitrogens is 1. The van der Waals surface area contributed by atoms with Gasteiger partial charge in [0.2, 0.25) is 0 Å². The van der Waals surface area contributed by atoms with Crippen molar-refractivity contribution in [3.05, 3.63) is 16.1 Å². The number of carbonyl (C=O) groups is 1. The Balaban J connectivity index is 2.62. The van der Waals surface area contributed by atoms with Gasteiger partial charge in [0, 0.05) is 13.1 Å². The van der Waals surface area contributed by atoms with Crippen molar-refractivity contribution < 1.29 is 9.53 Å². The molecule has 0 atom stereocenters. The minimum Gasteiger partial charge on any atom is -0.466 e. The SMILES string of the molecule is CCNc1nc(NCCC(=O)OCC)c(Cl)cc1Cl. The average molecular weight is 306 g/mol. The lowest BCUT2D eigenvalue weighted by molar-refractivity contribution is -0.142. The van der Waals surface area contributed by atoms with Crippen LogP contribution in [-0.4, -0.2) is 30.6 Å². The summed E-state index contributed by atoms with van der Waals surface area (Å²) in [5, 5.41) is 6.89. The summed E-state index contributed by atoms with van der Waals surface area (Å²) in [6.07, 6.45) is 0.255. The molecular weight excluding hydrogens is 289 g/mol. The maximum Gasteiger partial charge on any atom is 0.307 e. The Hall–Kier alpha value is -1.20. The fraction of sp³-hybridized carbons (Fsp3) is 0.500. The van der Waals surface area contributed by atoms with Gasteiger partial charge in [-0.1, -0.05) is 23.2 Å². The van der Waals surface area contributed by atoms with Crippen molar-refractivity contribution in [2.24, 2.45) is 0 Å². The molecule has 0 radical (unpaired) electrons. The summed E-state index contributed by atoms with van der Waals surface area (Å²) in [7, 11) is 0. The molecule has 0 aromatic carbocycles. The van der Waals surface area contributed by atoms with Crippen molar-refractivity contribution in [3.8, 4) is 0 Å². The zero-order chi connectivity index (χ0) is 14.3. The first-order valence-electron chi connectivity index (χ1n) is 6.07. The third kappa shape index (κ3) is 5.12. The summed E-state index contributed by atoms with van der Waals surface area (Å²) in [5.74, 6) is 0.797. The Labute approximate surface area is 122 Å². The van der Waals surface area contributed by atoms with E-state index < -0.39 is 0 Å². The number of ether oxygens (including phenoxy) is 1. The van der Waals surface area contributed by atoms with Crippen molar-refractivity contribution in [2.45, 2.75) is 20.3 Å². The van der Waals surface area contributed by atoms with Crippen molar-refractivity contribution >= 4 is 40.8 Å². The molecule has 7 heteroatoms. The van der Waals surface area contributed by atoms with Crippen LogP contribution in [0.4, 0.5) is 11.6 Å². The Morgan fingerprint density at radius 1 is 1.26 bits per heavy atom. The number of halogens is 2. The lowest BCUT2D eigenvalue weighted by atomic mass is 10.4. The van der Waals surface area contributed by atoms with E-state index in [1.165, 1.54) is 0 Å². The van der Waals surface area contributed by atoms with Gasteiger partial charge in [-0.2, -0.15) is 0 Å². The summed E-state index contributed by atoms with van der Waals surface area (Å²) < 4.78 is 4.83. The molecule has 1 rings (SSSR count). The van der Waals surface area contributed by atoms with Gasteiger partial charge in [-0.25, -0.2) is 4.98 Å². The number of hydrogen-bond donors (Lipinski definition) is 2. The standard InChI is InChI=1S/C12H17Cl2N3O2/c1-3-15-11-8(13)7-9(14)12(17-11)16-6-5-10(18)19-4-2/h7H,3-6H2,1-2H3,(H2,15,16,17). The second kappa shape index (κ2) is 8.07. The van der Waals surface area contributed by atoms with Crippen LogP contribution in [0.2, 0.25) is 10.0 Å². The smallest absolute Gasteiger partial charge is 0.307 e. The predicted molar refractivity (Wildman–Crippen MR) is 78.2 cm³/mol. The minimum absolute atomic E-state index is 0.255. The van der Waals surface area contributed by atoms with Crippen LogP contribution in [0, 0.1) is 0 Å². The minimum atomic E-state index is -0.257. The first-order chi connectivity index (χ1) is 9.08. The molecule has 0 aliphatic rings. The molecule has 0 amide bonds. The van der Waals surface area contributed by atoms with Crippen molar-refractivity contribution in [3.63, 3.8) is 0 Å². The first-order valence-corrected chi connectivity index (χ1v) is 6.83. The summed E-state index contributed by atoms with van der Waals surface area (Å²) in [5.41, 5.74) is 0. The quantitative estimate of drug-likeness (QED) is 0.758. The van der Waals surface area contributed by atoms with E-state index in [0.29, 0.717) is 41.4 Å². The summed E-state index contributed by atoms with van der Waals surface area (Å²) in [4.78, 5) is 15.5. The van der Waals surface area contributed by atoms with Gasteiger partial charge in [0.1, 0.15) is 11.6 Å². The highest BCUT2D eigenvalue weighted by Gasteiger charge is 2.09. The third-order valence-corrected chi connectivity index (χ3v) is 2.78. The van der Waals surface area contributed by atoms with Crippen LogP contribution in [0.25, 0.3) is 0 Å². The number of anilines is 2. The first kappa shape index (κ1) is 15.9. The van der Waals surface area contributed by atoms with E-state index in [1.54, 1.807) is 13.0 Å². The number of rotatable bonds is 7. The second-order valence-electron chi connectivity index (χ2n) is 3.66. The molecule has 19 heavy (non-hydrogen) atoms. The van der Waals surface area contributed by atoms with E-state index in [9.17, 15) is 4.79 Å². The molecule has 0 unspecified atom stereocenters. The predicted octanol–water partition coefficient (Wildman–Crippen LogP) is 3.19. The molecule has 0 fully saturated rings. The van der Waals surface area contributed by atoms with Gasteiger partial charge in [0.05, 0.1) is 23.1 Å². The maximum atomic E-state index is 11.2. The molecule has 0 bridgehead atoms. The normalized spacial score (nSPS) is 10.1. The summed E-state index contributed by atoms with van der Waals surface area (Å²) in [6.45, 7) is 5.20. The topological polar surface area (TPSA) is 63.2 Å². The highest BCUT2D eigenvalue weighted by molar-refractivity contribution is 6.37. The number of esters is 1. The Kier molecular flexibility index (Phi) is 6.73. The third-order valence-electron chi connectivity index (χ3n) is 2.20. The zero-order valence-corrected chi connectivity index (χ0v) is 12.4. The number of nitrogens with zero attached hydrogens (tertiary/aromatic N) is 1. The van der Waals surface area contributed by atoms with E-state index in [-0.39, 0.29) is 12.4 Å². The largest absolute Gasteiger partial charge is 0.466 e. The fourth-order valence-electron chi connectivity index (χ4n) is 1.40. The van der Waals surface area contributed by atoms with E-state index in [1.807, 2.05) is 6.92 Å². The Morgan fingerprint density at radius 3 is 2.47 bits per heavy atom. The van der Waals surface area contributed by atoms with Gasteiger partial charge < -0.3 is 15.4 Å². The number of carbonyl (C=O) groups excluding carboxylic acids is 1. The molecule has 5 nitrogen and oxygen atoms in total. The van der Waals surface area contributed by atoms with Crippen LogP contribution in [0.15, 0.2) is 6.07 Å². The number of pyridine rings is 1. The van der Waals surface area contributed by atoms with Gasteiger partial charge in [-0.05, 0) is 19.9 Å². The van der Waals surface area contributed by atoms with E-state index >= 15 is 0 Å². The molecule has 0 aliphatic carbocycles. The Bertz CT molecular complexity index is 441. The van der Waals surface area contributed by atoms with Crippen LogP contribution in [0.5, 0.6) is 0 Å². The van der Waals surface area contributed by atoms with Crippen LogP contribution < -0.4 is 10.6 Å². The molecule has 1 aromatic rings. The Morgan fingerprint density at radius 2 is 1.89 bits per heavy atom. The van der Waals surface area contributed by atoms with Crippen LogP contribution in [-0.2, 0) is 9.53 Å². The lowest BCUT2D eigenvalue weighted by Gasteiger charge is -2.11.